The van der Waals surface area contributed by atoms with E-state index in [2.05, 4.69) is 81.3 Å². The summed E-state index contributed by atoms with van der Waals surface area (Å²) in [5.41, 5.74) is 5.05. The van der Waals surface area contributed by atoms with Crippen molar-refractivity contribution in [2.45, 2.75) is 26.9 Å². The first-order valence-corrected chi connectivity index (χ1v) is 9.07. The minimum Gasteiger partial charge on any atom is -0.296 e. The van der Waals surface area contributed by atoms with Crippen LogP contribution in [0.2, 0.25) is 0 Å². The summed E-state index contributed by atoms with van der Waals surface area (Å²) >= 11 is 0. The molecule has 5 rings (SSSR count). The molecule has 5 nitrogen and oxygen atoms in total. The van der Waals surface area contributed by atoms with E-state index < -0.39 is 0 Å². The number of aromatic nitrogens is 2. The van der Waals surface area contributed by atoms with Crippen molar-refractivity contribution in [1.82, 2.24) is 4.57 Å². The lowest BCUT2D eigenvalue weighted by molar-refractivity contribution is -0.655. The number of aryl methyl sites for hydroxylation is 1. The minimum absolute atomic E-state index is 0.915. The fourth-order valence-corrected chi connectivity index (χ4v) is 4.16. The van der Waals surface area contributed by atoms with E-state index in [9.17, 15) is 0 Å². The molecule has 0 bridgehead atoms. The highest BCUT2D eigenvalue weighted by atomic mass is 15.5. The zero-order chi connectivity index (χ0) is 17.0. The summed E-state index contributed by atoms with van der Waals surface area (Å²) in [7, 11) is 0. The van der Waals surface area contributed by atoms with Crippen molar-refractivity contribution in [3.05, 3.63) is 48.5 Å². The standard InChI is InChI=1S/C20H22N5/c1-3-22-15-9-5-7-11-17(15)24-13-14-25-18-12-8-6-10-16(18)23(4-2)20(25)21-19(22)24/h5-12H,3-4,13-14H2,1-2H3/q+1. The van der Waals surface area contributed by atoms with Gasteiger partial charge < -0.3 is 0 Å². The summed E-state index contributed by atoms with van der Waals surface area (Å²) in [4.78, 5) is 9.85. The third-order valence-corrected chi connectivity index (χ3v) is 5.27. The number of aliphatic imine (C=N–C) groups is 1. The van der Waals surface area contributed by atoms with Gasteiger partial charge in [-0.15, -0.1) is 0 Å². The lowest BCUT2D eigenvalue weighted by Crippen LogP contribution is -2.41. The van der Waals surface area contributed by atoms with Crippen molar-refractivity contribution in [2.75, 3.05) is 22.9 Å². The fourth-order valence-electron chi connectivity index (χ4n) is 4.16. The molecule has 0 unspecified atom stereocenters. The molecule has 2 aromatic carbocycles. The Labute approximate surface area is 147 Å². The van der Waals surface area contributed by atoms with Gasteiger partial charge in [-0.3, -0.25) is 9.80 Å². The average Bonchev–Trinajstić information content (AvgIpc) is 3.04. The first kappa shape index (κ1) is 14.5. The molecular weight excluding hydrogens is 310 g/mol. The summed E-state index contributed by atoms with van der Waals surface area (Å²) in [6.45, 7) is 8.08. The molecule has 1 aromatic heterocycles. The Morgan fingerprint density at radius 2 is 1.72 bits per heavy atom. The van der Waals surface area contributed by atoms with Gasteiger partial charge in [0.1, 0.15) is 11.0 Å². The number of benzene rings is 2. The molecule has 0 aliphatic carbocycles. The predicted molar refractivity (Wildman–Crippen MR) is 102 cm³/mol. The summed E-state index contributed by atoms with van der Waals surface area (Å²) in [5, 5.41) is 0. The second-order valence-electron chi connectivity index (χ2n) is 6.48. The smallest absolute Gasteiger partial charge is 0.296 e. The zero-order valence-electron chi connectivity index (χ0n) is 14.7. The number of hydrogen-bond donors (Lipinski definition) is 0. The molecule has 0 amide bonds. The van der Waals surface area contributed by atoms with Crippen LogP contribution in [0.4, 0.5) is 17.3 Å². The van der Waals surface area contributed by atoms with E-state index in [1.54, 1.807) is 0 Å². The number of nitrogens with zero attached hydrogens (tertiary/aromatic N) is 5. The number of anilines is 2. The van der Waals surface area contributed by atoms with E-state index in [0.29, 0.717) is 0 Å². The Hall–Kier alpha value is -2.82. The zero-order valence-corrected chi connectivity index (χ0v) is 14.7. The normalized spacial score (nSPS) is 15.7. The van der Waals surface area contributed by atoms with Crippen LogP contribution in [-0.4, -0.2) is 23.6 Å². The summed E-state index contributed by atoms with van der Waals surface area (Å²) in [6.07, 6.45) is 0. The third-order valence-electron chi connectivity index (χ3n) is 5.27. The molecule has 0 N–H and O–H groups in total. The second-order valence-corrected chi connectivity index (χ2v) is 6.48. The van der Waals surface area contributed by atoms with Gasteiger partial charge in [0, 0.05) is 6.54 Å². The van der Waals surface area contributed by atoms with Crippen LogP contribution < -0.4 is 14.4 Å². The van der Waals surface area contributed by atoms with Crippen LogP contribution in [0.15, 0.2) is 53.5 Å². The van der Waals surface area contributed by atoms with Crippen LogP contribution in [-0.2, 0) is 13.1 Å². The molecule has 2 aliphatic heterocycles. The van der Waals surface area contributed by atoms with Gasteiger partial charge in [-0.2, -0.15) is 0 Å². The lowest BCUT2D eigenvalue weighted by atomic mass is 10.2. The lowest BCUT2D eigenvalue weighted by Gasteiger charge is -2.17. The van der Waals surface area contributed by atoms with Gasteiger partial charge in [-0.05, 0) is 43.1 Å². The fraction of sp³-hybridized carbons (Fsp3) is 0.300. The highest BCUT2D eigenvalue weighted by Crippen LogP contribution is 2.38. The topological polar surface area (TPSA) is 27.6 Å². The van der Waals surface area contributed by atoms with Crippen molar-refractivity contribution in [3.63, 3.8) is 0 Å². The maximum absolute atomic E-state index is 5.17. The monoisotopic (exact) mass is 332 g/mol. The summed E-state index contributed by atoms with van der Waals surface area (Å²) in [5.74, 6) is 2.10. The number of rotatable bonds is 2. The molecule has 3 aromatic rings. The molecule has 3 heterocycles. The Bertz CT molecular complexity index is 1000. The molecule has 5 heteroatoms. The number of fused-ring (bicyclic) bond motifs is 6. The van der Waals surface area contributed by atoms with Crippen molar-refractivity contribution < 1.29 is 4.57 Å². The Kier molecular flexibility index (Phi) is 3.10. The van der Waals surface area contributed by atoms with Crippen LogP contribution in [0.5, 0.6) is 0 Å². The minimum atomic E-state index is 0.915. The quantitative estimate of drug-likeness (QED) is 0.674. The van der Waals surface area contributed by atoms with Crippen LogP contribution in [0.3, 0.4) is 0 Å². The van der Waals surface area contributed by atoms with Gasteiger partial charge in [0.15, 0.2) is 0 Å². The SMILES string of the molecule is CCN1C2=Nc3n(CC)c4ccccc4[n+]3CCN2c2ccccc21. The van der Waals surface area contributed by atoms with Gasteiger partial charge >= 0.3 is 5.95 Å². The van der Waals surface area contributed by atoms with E-state index in [1.165, 1.54) is 22.4 Å². The van der Waals surface area contributed by atoms with E-state index in [0.717, 1.165) is 38.1 Å². The molecule has 0 saturated heterocycles. The molecule has 0 spiro atoms. The van der Waals surface area contributed by atoms with Gasteiger partial charge in [0.05, 0.1) is 31.0 Å². The Morgan fingerprint density at radius 3 is 2.52 bits per heavy atom. The van der Waals surface area contributed by atoms with Crippen molar-refractivity contribution in [2.24, 2.45) is 4.99 Å². The average molecular weight is 332 g/mol. The first-order chi connectivity index (χ1) is 12.3. The molecule has 126 valence electrons. The Balaban J connectivity index is 1.77. The van der Waals surface area contributed by atoms with Crippen LogP contribution in [0.1, 0.15) is 13.8 Å². The molecular formula is C20H22N5+. The van der Waals surface area contributed by atoms with Crippen LogP contribution in [0.25, 0.3) is 11.0 Å². The van der Waals surface area contributed by atoms with Gasteiger partial charge in [-0.25, -0.2) is 9.13 Å². The summed E-state index contributed by atoms with van der Waals surface area (Å²) in [6, 6.07) is 17.2. The molecule has 0 fully saturated rings. The molecule has 0 radical (unpaired) electrons. The first-order valence-electron chi connectivity index (χ1n) is 9.07. The van der Waals surface area contributed by atoms with E-state index in [-0.39, 0.29) is 0 Å². The second kappa shape index (κ2) is 5.34. The summed E-state index contributed by atoms with van der Waals surface area (Å²) < 4.78 is 4.68. The van der Waals surface area contributed by atoms with Crippen molar-refractivity contribution in [3.8, 4) is 0 Å². The van der Waals surface area contributed by atoms with E-state index in [4.69, 9.17) is 4.99 Å². The maximum atomic E-state index is 5.17. The highest BCUT2D eigenvalue weighted by molar-refractivity contribution is 6.16. The maximum Gasteiger partial charge on any atom is 0.403 e. The van der Waals surface area contributed by atoms with Gasteiger partial charge in [0.25, 0.3) is 5.96 Å². The molecule has 0 atom stereocenters. The van der Waals surface area contributed by atoms with E-state index >= 15 is 0 Å². The molecule has 25 heavy (non-hydrogen) atoms. The molecule has 2 aliphatic rings. The number of hydrogen-bond acceptors (Lipinski definition) is 3. The third kappa shape index (κ3) is 1.89. The number of guanidine groups is 1. The largest absolute Gasteiger partial charge is 0.403 e. The van der Waals surface area contributed by atoms with Crippen molar-refractivity contribution in [1.29, 1.82) is 0 Å². The van der Waals surface area contributed by atoms with Crippen LogP contribution >= 0.6 is 0 Å². The highest BCUT2D eigenvalue weighted by Gasteiger charge is 2.38. The Morgan fingerprint density at radius 1 is 0.960 bits per heavy atom. The van der Waals surface area contributed by atoms with Crippen molar-refractivity contribution >= 4 is 34.3 Å². The van der Waals surface area contributed by atoms with Crippen LogP contribution in [0, 0.1) is 0 Å². The number of imidazole rings is 1. The predicted octanol–water partition coefficient (Wildman–Crippen LogP) is 3.30. The van der Waals surface area contributed by atoms with Gasteiger partial charge in [0.2, 0.25) is 0 Å². The van der Waals surface area contributed by atoms with E-state index in [1.807, 2.05) is 0 Å². The molecule has 0 saturated carbocycles. The van der Waals surface area contributed by atoms with Gasteiger partial charge in [-0.1, -0.05) is 24.3 Å². The number of para-hydroxylation sites is 4.